The molecule has 2 rings (SSSR count). The van der Waals surface area contributed by atoms with Gasteiger partial charge >= 0.3 is 12.0 Å². The maximum atomic E-state index is 12.1. The van der Waals surface area contributed by atoms with Crippen molar-refractivity contribution in [3.8, 4) is 11.5 Å². The predicted octanol–water partition coefficient (Wildman–Crippen LogP) is 1.56. The van der Waals surface area contributed by atoms with E-state index in [0.29, 0.717) is 29.1 Å². The Morgan fingerprint density at radius 2 is 2.12 bits per heavy atom. The SMILES string of the molecule is CCOc1cc(C(=O)OCC(=O)N2CCNC2=O)cc(Br)c1OC. The minimum Gasteiger partial charge on any atom is -0.492 e. The van der Waals surface area contributed by atoms with Crippen LogP contribution >= 0.6 is 15.9 Å². The zero-order valence-corrected chi connectivity index (χ0v) is 14.8. The van der Waals surface area contributed by atoms with E-state index in [1.807, 2.05) is 0 Å². The third-order valence-electron chi connectivity index (χ3n) is 3.23. The molecular weight excluding hydrogens is 384 g/mol. The van der Waals surface area contributed by atoms with Gasteiger partial charge in [-0.15, -0.1) is 0 Å². The first-order chi connectivity index (χ1) is 11.5. The number of ether oxygens (including phenoxy) is 3. The largest absolute Gasteiger partial charge is 0.492 e. The van der Waals surface area contributed by atoms with Crippen molar-refractivity contribution in [1.82, 2.24) is 10.2 Å². The highest BCUT2D eigenvalue weighted by Crippen LogP contribution is 2.36. The molecule has 0 unspecified atom stereocenters. The lowest BCUT2D eigenvalue weighted by Crippen LogP contribution is -2.37. The zero-order chi connectivity index (χ0) is 17.7. The Labute approximate surface area is 147 Å². The van der Waals surface area contributed by atoms with Crippen LogP contribution in [0.15, 0.2) is 16.6 Å². The van der Waals surface area contributed by atoms with Crippen LogP contribution in [0, 0.1) is 0 Å². The molecule has 1 aliphatic heterocycles. The van der Waals surface area contributed by atoms with Crippen molar-refractivity contribution in [2.24, 2.45) is 0 Å². The number of carbonyl (C=O) groups excluding carboxylic acids is 3. The summed E-state index contributed by atoms with van der Waals surface area (Å²) >= 11 is 3.30. The summed E-state index contributed by atoms with van der Waals surface area (Å²) in [6.45, 7) is 2.33. The van der Waals surface area contributed by atoms with Gasteiger partial charge in [-0.1, -0.05) is 0 Å². The van der Waals surface area contributed by atoms with E-state index in [9.17, 15) is 14.4 Å². The molecule has 3 amide bonds. The Morgan fingerprint density at radius 1 is 1.38 bits per heavy atom. The van der Waals surface area contributed by atoms with E-state index in [0.717, 1.165) is 4.90 Å². The number of hydrogen-bond acceptors (Lipinski definition) is 6. The standard InChI is InChI=1S/C15H17BrN2O6/c1-3-23-11-7-9(6-10(16)13(11)22-2)14(20)24-8-12(19)18-5-4-17-15(18)21/h6-7H,3-5,8H2,1-2H3,(H,17,21). The van der Waals surface area contributed by atoms with Crippen LogP contribution in [0.1, 0.15) is 17.3 Å². The third kappa shape index (κ3) is 3.97. The van der Waals surface area contributed by atoms with Crippen LogP contribution in [0.4, 0.5) is 4.79 Å². The topological polar surface area (TPSA) is 94.2 Å². The van der Waals surface area contributed by atoms with Crippen molar-refractivity contribution in [3.05, 3.63) is 22.2 Å². The first-order valence-corrected chi connectivity index (χ1v) is 8.02. The Hall–Kier alpha value is -2.29. The minimum atomic E-state index is -0.702. The molecule has 0 saturated carbocycles. The summed E-state index contributed by atoms with van der Waals surface area (Å²) in [5.41, 5.74) is 0.199. The van der Waals surface area contributed by atoms with Crippen LogP contribution in [0.2, 0.25) is 0 Å². The quantitative estimate of drug-likeness (QED) is 0.728. The average Bonchev–Trinajstić information content (AvgIpc) is 2.98. The molecule has 0 aliphatic carbocycles. The number of hydrogen-bond donors (Lipinski definition) is 1. The molecule has 0 aromatic heterocycles. The van der Waals surface area contributed by atoms with Gasteiger partial charge in [0, 0.05) is 13.1 Å². The molecule has 0 spiro atoms. The highest BCUT2D eigenvalue weighted by molar-refractivity contribution is 9.10. The molecule has 24 heavy (non-hydrogen) atoms. The van der Waals surface area contributed by atoms with Crippen molar-refractivity contribution in [3.63, 3.8) is 0 Å². The number of nitrogens with zero attached hydrogens (tertiary/aromatic N) is 1. The molecule has 1 aliphatic rings. The predicted molar refractivity (Wildman–Crippen MR) is 87.3 cm³/mol. The first kappa shape index (κ1) is 18.1. The summed E-state index contributed by atoms with van der Waals surface area (Å²) in [5, 5.41) is 2.50. The second-order valence-corrected chi connectivity index (χ2v) is 5.63. The second-order valence-electron chi connectivity index (χ2n) is 4.78. The number of halogens is 1. The highest BCUT2D eigenvalue weighted by Gasteiger charge is 2.27. The smallest absolute Gasteiger partial charge is 0.338 e. The first-order valence-electron chi connectivity index (χ1n) is 7.23. The van der Waals surface area contributed by atoms with Crippen LogP contribution in [-0.4, -0.2) is 56.2 Å². The lowest BCUT2D eigenvalue weighted by molar-refractivity contribution is -0.130. The van der Waals surface area contributed by atoms with Gasteiger partial charge in [-0.05, 0) is 35.0 Å². The Morgan fingerprint density at radius 3 is 2.71 bits per heavy atom. The second kappa shape index (κ2) is 8.00. The summed E-state index contributed by atoms with van der Waals surface area (Å²) in [7, 11) is 1.49. The molecule has 0 bridgehead atoms. The fourth-order valence-corrected chi connectivity index (χ4v) is 2.75. The maximum Gasteiger partial charge on any atom is 0.338 e. The summed E-state index contributed by atoms with van der Waals surface area (Å²) in [6.07, 6.45) is 0. The molecule has 1 aromatic rings. The number of esters is 1. The van der Waals surface area contributed by atoms with Crippen LogP contribution in [0.5, 0.6) is 11.5 Å². The number of methoxy groups -OCH3 is 1. The summed E-state index contributed by atoms with van der Waals surface area (Å²) in [6, 6.07) is 2.50. The van der Waals surface area contributed by atoms with Crippen molar-refractivity contribution in [1.29, 1.82) is 0 Å². The van der Waals surface area contributed by atoms with E-state index >= 15 is 0 Å². The van der Waals surface area contributed by atoms with E-state index in [1.54, 1.807) is 6.92 Å². The van der Waals surface area contributed by atoms with Gasteiger partial charge < -0.3 is 19.5 Å². The van der Waals surface area contributed by atoms with E-state index < -0.39 is 24.5 Å². The number of amides is 3. The van der Waals surface area contributed by atoms with Gasteiger partial charge in [-0.3, -0.25) is 9.69 Å². The molecule has 1 aromatic carbocycles. The number of benzene rings is 1. The van der Waals surface area contributed by atoms with Gasteiger partial charge in [-0.2, -0.15) is 0 Å². The minimum absolute atomic E-state index is 0.199. The monoisotopic (exact) mass is 400 g/mol. The number of imide groups is 1. The van der Waals surface area contributed by atoms with Crippen LogP contribution in [-0.2, 0) is 9.53 Å². The van der Waals surface area contributed by atoms with Crippen molar-refractivity contribution in [2.75, 3.05) is 33.4 Å². The van der Waals surface area contributed by atoms with Crippen molar-refractivity contribution < 1.29 is 28.6 Å². The van der Waals surface area contributed by atoms with E-state index in [1.165, 1.54) is 19.2 Å². The Balaban J connectivity index is 2.06. The molecule has 1 heterocycles. The Kier molecular flexibility index (Phi) is 6.02. The lowest BCUT2D eigenvalue weighted by Gasteiger charge is -2.14. The van der Waals surface area contributed by atoms with E-state index in [2.05, 4.69) is 21.2 Å². The lowest BCUT2D eigenvalue weighted by atomic mass is 10.2. The number of urea groups is 1. The molecule has 1 N–H and O–H groups in total. The number of carbonyl (C=O) groups is 3. The van der Waals surface area contributed by atoms with Gasteiger partial charge in [0.15, 0.2) is 18.1 Å². The van der Waals surface area contributed by atoms with Gasteiger partial charge in [0.1, 0.15) is 0 Å². The van der Waals surface area contributed by atoms with Gasteiger partial charge in [0.2, 0.25) is 0 Å². The number of nitrogens with one attached hydrogen (secondary N) is 1. The van der Waals surface area contributed by atoms with Crippen LogP contribution < -0.4 is 14.8 Å². The van der Waals surface area contributed by atoms with Crippen molar-refractivity contribution >= 4 is 33.8 Å². The van der Waals surface area contributed by atoms with Gasteiger partial charge in [-0.25, -0.2) is 9.59 Å². The van der Waals surface area contributed by atoms with Crippen molar-refractivity contribution in [2.45, 2.75) is 6.92 Å². The molecule has 1 saturated heterocycles. The van der Waals surface area contributed by atoms with E-state index in [4.69, 9.17) is 14.2 Å². The molecule has 130 valence electrons. The normalized spacial score (nSPS) is 13.5. The fraction of sp³-hybridized carbons (Fsp3) is 0.400. The Bertz CT molecular complexity index is 664. The molecule has 1 fully saturated rings. The van der Waals surface area contributed by atoms with E-state index in [-0.39, 0.29) is 12.1 Å². The molecule has 9 heteroatoms. The average molecular weight is 401 g/mol. The maximum absolute atomic E-state index is 12.1. The van der Waals surface area contributed by atoms with Gasteiger partial charge in [0.05, 0.1) is 23.8 Å². The van der Waals surface area contributed by atoms with Crippen LogP contribution in [0.25, 0.3) is 0 Å². The number of rotatable bonds is 6. The summed E-state index contributed by atoms with van der Waals surface area (Å²) in [4.78, 5) is 36.4. The highest BCUT2D eigenvalue weighted by atomic mass is 79.9. The zero-order valence-electron chi connectivity index (χ0n) is 13.3. The molecule has 8 nitrogen and oxygen atoms in total. The molecule has 0 atom stereocenters. The third-order valence-corrected chi connectivity index (χ3v) is 3.82. The summed E-state index contributed by atoms with van der Waals surface area (Å²) in [5.74, 6) is -0.437. The summed E-state index contributed by atoms with van der Waals surface area (Å²) < 4.78 is 16.1. The fourth-order valence-electron chi connectivity index (χ4n) is 2.14. The van der Waals surface area contributed by atoms with Crippen LogP contribution in [0.3, 0.4) is 0 Å². The molecular formula is C15H17BrN2O6. The molecule has 0 radical (unpaired) electrons. The van der Waals surface area contributed by atoms with Gasteiger partial charge in [0.25, 0.3) is 5.91 Å².